The Morgan fingerprint density at radius 2 is 2.10 bits per heavy atom. The maximum atomic E-state index is 11.7. The normalized spacial score (nSPS) is 16.9. The average Bonchev–Trinajstić information content (AvgIpc) is 2.48. The number of hydrogen-bond donors (Lipinski definition) is 1. The first-order valence-electron chi connectivity index (χ1n) is 7.62. The van der Waals surface area contributed by atoms with Crippen molar-refractivity contribution < 1.29 is 4.79 Å². The lowest BCUT2D eigenvalue weighted by Crippen LogP contribution is -2.45. The number of nitrogens with one attached hydrogen (secondary N) is 1. The predicted octanol–water partition coefficient (Wildman–Crippen LogP) is 1.03. The highest BCUT2D eigenvalue weighted by atomic mass is 16.2. The number of hydrogen-bond acceptors (Lipinski definition) is 4. The third kappa shape index (κ3) is 5.10. The van der Waals surface area contributed by atoms with Gasteiger partial charge in [-0.15, -0.1) is 0 Å². The van der Waals surface area contributed by atoms with Crippen LogP contribution < -0.4 is 5.32 Å². The molecule has 0 unspecified atom stereocenters. The molecule has 2 rings (SSSR count). The summed E-state index contributed by atoms with van der Waals surface area (Å²) in [5, 5.41) is 3.59. The van der Waals surface area contributed by atoms with Crippen LogP contribution in [-0.4, -0.2) is 60.5 Å². The van der Waals surface area contributed by atoms with Gasteiger partial charge in [0.1, 0.15) is 0 Å². The van der Waals surface area contributed by atoms with E-state index in [-0.39, 0.29) is 5.91 Å². The van der Waals surface area contributed by atoms with E-state index in [1.807, 2.05) is 33.3 Å². The zero-order chi connectivity index (χ0) is 15.2. The van der Waals surface area contributed by atoms with E-state index < -0.39 is 0 Å². The molecule has 0 atom stereocenters. The van der Waals surface area contributed by atoms with Crippen LogP contribution in [0.3, 0.4) is 0 Å². The van der Waals surface area contributed by atoms with E-state index in [4.69, 9.17) is 0 Å². The van der Waals surface area contributed by atoms with E-state index in [1.165, 1.54) is 5.56 Å². The zero-order valence-corrected chi connectivity index (χ0v) is 13.3. The summed E-state index contributed by atoms with van der Waals surface area (Å²) >= 11 is 0. The van der Waals surface area contributed by atoms with Crippen LogP contribution in [0.2, 0.25) is 0 Å². The van der Waals surface area contributed by atoms with Gasteiger partial charge in [-0.2, -0.15) is 0 Å². The van der Waals surface area contributed by atoms with Gasteiger partial charge in [-0.25, -0.2) is 0 Å². The molecule has 0 spiro atoms. The fraction of sp³-hybridized carbons (Fsp3) is 0.625. The van der Waals surface area contributed by atoms with Gasteiger partial charge < -0.3 is 10.2 Å². The summed E-state index contributed by atoms with van der Waals surface area (Å²) < 4.78 is 0. The van der Waals surface area contributed by atoms with Crippen molar-refractivity contribution in [2.45, 2.75) is 32.4 Å². The number of pyridine rings is 1. The molecular weight excluding hydrogens is 264 g/mol. The number of aromatic nitrogens is 1. The summed E-state index contributed by atoms with van der Waals surface area (Å²) in [6, 6.07) is 4.71. The lowest BCUT2D eigenvalue weighted by Gasteiger charge is -2.32. The van der Waals surface area contributed by atoms with E-state index >= 15 is 0 Å². The Balaban J connectivity index is 1.69. The Labute approximate surface area is 127 Å². The number of aryl methyl sites for hydroxylation is 1. The van der Waals surface area contributed by atoms with Gasteiger partial charge >= 0.3 is 0 Å². The number of nitrogens with zero attached hydrogens (tertiary/aromatic N) is 3. The van der Waals surface area contributed by atoms with Crippen molar-refractivity contribution in [2.24, 2.45) is 0 Å². The molecule has 1 saturated heterocycles. The minimum atomic E-state index is 0.187. The Morgan fingerprint density at radius 3 is 2.67 bits per heavy atom. The fourth-order valence-electron chi connectivity index (χ4n) is 2.49. The molecule has 0 saturated carbocycles. The quantitative estimate of drug-likeness (QED) is 0.880. The van der Waals surface area contributed by atoms with Crippen LogP contribution in [0.1, 0.15) is 24.1 Å². The van der Waals surface area contributed by atoms with Gasteiger partial charge in [0.05, 0.1) is 6.54 Å². The molecule has 5 nitrogen and oxygen atoms in total. The maximum Gasteiger partial charge on any atom is 0.236 e. The molecule has 1 fully saturated rings. The first kappa shape index (κ1) is 15.9. The molecule has 1 aliphatic rings. The van der Waals surface area contributed by atoms with E-state index in [2.05, 4.69) is 21.3 Å². The smallest absolute Gasteiger partial charge is 0.236 e. The fourth-order valence-corrected chi connectivity index (χ4v) is 2.49. The second kappa shape index (κ2) is 7.52. The summed E-state index contributed by atoms with van der Waals surface area (Å²) in [5.41, 5.74) is 2.28. The van der Waals surface area contributed by atoms with Crippen molar-refractivity contribution in [3.05, 3.63) is 29.6 Å². The van der Waals surface area contributed by atoms with Crippen molar-refractivity contribution in [3.63, 3.8) is 0 Å². The summed E-state index contributed by atoms with van der Waals surface area (Å²) in [7, 11) is 3.62. The maximum absolute atomic E-state index is 11.7. The number of likely N-dealkylation sites (N-methyl/N-ethyl adjacent to an activating group) is 1. The zero-order valence-electron chi connectivity index (χ0n) is 13.3. The molecule has 1 N–H and O–H groups in total. The number of carbonyl (C=O) groups excluding carboxylic acids is 1. The molecule has 5 heteroatoms. The SMILES string of the molecule is Cc1ccc(CNC2CCN(CC(=O)N(C)C)CC2)cn1. The first-order valence-corrected chi connectivity index (χ1v) is 7.62. The Hall–Kier alpha value is -1.46. The number of rotatable bonds is 5. The monoisotopic (exact) mass is 290 g/mol. The Kier molecular flexibility index (Phi) is 5.70. The molecule has 116 valence electrons. The second-order valence-electron chi connectivity index (χ2n) is 6.03. The molecule has 0 bridgehead atoms. The van der Waals surface area contributed by atoms with Crippen LogP contribution in [-0.2, 0) is 11.3 Å². The molecule has 2 heterocycles. The molecule has 1 aromatic heterocycles. The molecule has 1 amide bonds. The molecular formula is C16H26N4O. The van der Waals surface area contributed by atoms with Gasteiger partial charge in [0, 0.05) is 51.7 Å². The Bertz CT molecular complexity index is 450. The predicted molar refractivity (Wildman–Crippen MR) is 84.0 cm³/mol. The van der Waals surface area contributed by atoms with Crippen LogP contribution in [0.4, 0.5) is 0 Å². The third-order valence-electron chi connectivity index (χ3n) is 4.01. The van der Waals surface area contributed by atoms with E-state index in [0.717, 1.165) is 38.2 Å². The number of likely N-dealkylation sites (tertiary alicyclic amines) is 1. The summed E-state index contributed by atoms with van der Waals surface area (Å²) in [5.74, 6) is 0.187. The van der Waals surface area contributed by atoms with Crippen LogP contribution in [0.15, 0.2) is 18.3 Å². The topological polar surface area (TPSA) is 48.5 Å². The molecule has 1 aliphatic heterocycles. The van der Waals surface area contributed by atoms with Gasteiger partial charge in [-0.05, 0) is 31.4 Å². The third-order valence-corrected chi connectivity index (χ3v) is 4.01. The summed E-state index contributed by atoms with van der Waals surface area (Å²) in [6.45, 7) is 5.39. The minimum absolute atomic E-state index is 0.187. The molecule has 0 radical (unpaired) electrons. The minimum Gasteiger partial charge on any atom is -0.348 e. The van der Waals surface area contributed by atoms with Crippen molar-refractivity contribution in [1.82, 2.24) is 20.1 Å². The standard InChI is InChI=1S/C16H26N4O/c1-13-4-5-14(10-17-13)11-18-15-6-8-20(9-7-15)12-16(21)19(2)3/h4-5,10,15,18H,6-9,11-12H2,1-3H3. The van der Waals surface area contributed by atoms with E-state index in [1.54, 1.807) is 4.90 Å². The van der Waals surface area contributed by atoms with Crippen molar-refractivity contribution in [1.29, 1.82) is 0 Å². The number of carbonyl (C=O) groups is 1. The van der Waals surface area contributed by atoms with Crippen LogP contribution in [0.25, 0.3) is 0 Å². The lowest BCUT2D eigenvalue weighted by molar-refractivity contribution is -0.130. The number of piperidine rings is 1. The van der Waals surface area contributed by atoms with Crippen molar-refractivity contribution in [2.75, 3.05) is 33.7 Å². The van der Waals surface area contributed by atoms with Gasteiger partial charge in [0.15, 0.2) is 0 Å². The summed E-state index contributed by atoms with van der Waals surface area (Å²) in [6.07, 6.45) is 4.13. The van der Waals surface area contributed by atoms with Crippen molar-refractivity contribution in [3.8, 4) is 0 Å². The molecule has 21 heavy (non-hydrogen) atoms. The average molecular weight is 290 g/mol. The largest absolute Gasteiger partial charge is 0.348 e. The van der Waals surface area contributed by atoms with Gasteiger partial charge in [-0.3, -0.25) is 14.7 Å². The highest BCUT2D eigenvalue weighted by Crippen LogP contribution is 2.11. The number of amides is 1. The van der Waals surface area contributed by atoms with Gasteiger partial charge in [0.25, 0.3) is 0 Å². The molecule has 1 aromatic rings. The van der Waals surface area contributed by atoms with Crippen LogP contribution in [0.5, 0.6) is 0 Å². The Morgan fingerprint density at radius 1 is 1.38 bits per heavy atom. The first-order chi connectivity index (χ1) is 10.0. The van der Waals surface area contributed by atoms with E-state index in [9.17, 15) is 4.79 Å². The highest BCUT2D eigenvalue weighted by Gasteiger charge is 2.20. The van der Waals surface area contributed by atoms with E-state index in [0.29, 0.717) is 12.6 Å². The summed E-state index contributed by atoms with van der Waals surface area (Å²) in [4.78, 5) is 19.9. The molecule has 0 aliphatic carbocycles. The van der Waals surface area contributed by atoms with Gasteiger partial charge in [-0.1, -0.05) is 6.07 Å². The molecule has 0 aromatic carbocycles. The van der Waals surface area contributed by atoms with Crippen LogP contribution in [0, 0.1) is 6.92 Å². The lowest BCUT2D eigenvalue weighted by atomic mass is 10.0. The van der Waals surface area contributed by atoms with Crippen molar-refractivity contribution >= 4 is 5.91 Å². The van der Waals surface area contributed by atoms with Crippen LogP contribution >= 0.6 is 0 Å². The van der Waals surface area contributed by atoms with Gasteiger partial charge in [0.2, 0.25) is 5.91 Å². The second-order valence-corrected chi connectivity index (χ2v) is 6.03. The highest BCUT2D eigenvalue weighted by molar-refractivity contribution is 5.77.